The quantitative estimate of drug-likeness (QED) is 0.689. The van der Waals surface area contributed by atoms with Crippen LogP contribution in [0.1, 0.15) is 34.8 Å². The first-order chi connectivity index (χ1) is 13.8. The van der Waals surface area contributed by atoms with Crippen LogP contribution in [0.2, 0.25) is 0 Å². The number of pyridine rings is 2. The molecule has 5 nitrogen and oxygen atoms in total. The third-order valence-electron chi connectivity index (χ3n) is 5.19. The van der Waals surface area contributed by atoms with E-state index in [0.29, 0.717) is 12.1 Å². The highest BCUT2D eigenvalue weighted by Crippen LogP contribution is 2.31. The van der Waals surface area contributed by atoms with Crippen molar-refractivity contribution in [3.63, 3.8) is 0 Å². The van der Waals surface area contributed by atoms with E-state index in [1.54, 1.807) is 25.6 Å². The molecule has 4 rings (SSSR count). The van der Waals surface area contributed by atoms with Crippen molar-refractivity contribution in [2.75, 3.05) is 20.2 Å². The second kappa shape index (κ2) is 8.21. The highest BCUT2D eigenvalue weighted by molar-refractivity contribution is 5.94. The molecule has 0 unspecified atom stereocenters. The number of piperidine rings is 1. The van der Waals surface area contributed by atoms with Gasteiger partial charge < -0.3 is 9.64 Å². The van der Waals surface area contributed by atoms with Crippen LogP contribution in [0.15, 0.2) is 67.0 Å². The summed E-state index contributed by atoms with van der Waals surface area (Å²) in [6.45, 7) is 1.45. The van der Waals surface area contributed by atoms with Gasteiger partial charge in [0.2, 0.25) is 0 Å². The number of rotatable bonds is 4. The van der Waals surface area contributed by atoms with Crippen molar-refractivity contribution in [2.24, 2.45) is 0 Å². The van der Waals surface area contributed by atoms with Gasteiger partial charge in [0.05, 0.1) is 18.4 Å². The third-order valence-corrected chi connectivity index (χ3v) is 5.19. The molecule has 0 radical (unpaired) electrons. The third kappa shape index (κ3) is 3.74. The predicted molar refractivity (Wildman–Crippen MR) is 108 cm³/mol. The zero-order valence-corrected chi connectivity index (χ0v) is 15.9. The number of hydrogen-bond donors (Lipinski definition) is 0. The molecule has 5 heteroatoms. The van der Waals surface area contributed by atoms with Crippen LogP contribution in [0.5, 0.6) is 5.75 Å². The molecule has 0 saturated carbocycles. The fraction of sp³-hybridized carbons (Fsp3) is 0.261. The Balaban J connectivity index is 1.57. The lowest BCUT2D eigenvalue weighted by molar-refractivity contribution is 0.0705. The molecule has 2 aromatic heterocycles. The van der Waals surface area contributed by atoms with Crippen LogP contribution in [-0.4, -0.2) is 41.0 Å². The van der Waals surface area contributed by atoms with E-state index in [2.05, 4.69) is 11.1 Å². The van der Waals surface area contributed by atoms with Crippen LogP contribution in [0.3, 0.4) is 0 Å². The molecule has 3 heterocycles. The maximum absolute atomic E-state index is 12.8. The summed E-state index contributed by atoms with van der Waals surface area (Å²) in [5.74, 6) is 1.08. The zero-order chi connectivity index (χ0) is 19.3. The minimum absolute atomic E-state index is 0.0404. The van der Waals surface area contributed by atoms with Crippen molar-refractivity contribution in [3.8, 4) is 17.0 Å². The fourth-order valence-corrected chi connectivity index (χ4v) is 3.76. The van der Waals surface area contributed by atoms with E-state index >= 15 is 0 Å². The number of nitrogens with zero attached hydrogens (tertiary/aromatic N) is 3. The molecule has 1 aliphatic rings. The smallest absolute Gasteiger partial charge is 0.255 e. The van der Waals surface area contributed by atoms with Crippen molar-refractivity contribution in [2.45, 2.75) is 18.8 Å². The van der Waals surface area contributed by atoms with Gasteiger partial charge in [-0.1, -0.05) is 18.2 Å². The SMILES string of the molecule is COc1ccccc1-c1cccc([C@@H]2CCCN(C(=O)c3cccnc3)C2)n1. The van der Waals surface area contributed by atoms with Gasteiger partial charge in [0, 0.05) is 42.7 Å². The number of methoxy groups -OCH3 is 1. The lowest BCUT2D eigenvalue weighted by Crippen LogP contribution is -2.39. The molecule has 1 aliphatic heterocycles. The predicted octanol–water partition coefficient (Wildman–Crippen LogP) is 4.17. The second-order valence-corrected chi connectivity index (χ2v) is 6.98. The van der Waals surface area contributed by atoms with Gasteiger partial charge in [-0.15, -0.1) is 0 Å². The molecule has 0 bridgehead atoms. The minimum atomic E-state index is 0.0404. The summed E-state index contributed by atoms with van der Waals surface area (Å²) in [6.07, 6.45) is 5.31. The molecular formula is C23H23N3O2. The topological polar surface area (TPSA) is 55.3 Å². The van der Waals surface area contributed by atoms with E-state index in [-0.39, 0.29) is 11.8 Å². The van der Waals surface area contributed by atoms with E-state index in [4.69, 9.17) is 9.72 Å². The number of likely N-dealkylation sites (tertiary alicyclic amines) is 1. The number of aromatic nitrogens is 2. The van der Waals surface area contributed by atoms with E-state index in [1.807, 2.05) is 47.4 Å². The van der Waals surface area contributed by atoms with E-state index in [1.165, 1.54) is 0 Å². The summed E-state index contributed by atoms with van der Waals surface area (Å²) >= 11 is 0. The number of carbonyl (C=O) groups is 1. The molecule has 1 fully saturated rings. The summed E-state index contributed by atoms with van der Waals surface area (Å²) in [5.41, 5.74) is 3.53. The average molecular weight is 373 g/mol. The highest BCUT2D eigenvalue weighted by Gasteiger charge is 2.26. The maximum atomic E-state index is 12.8. The number of benzene rings is 1. The Labute approximate surface area is 165 Å². The Morgan fingerprint density at radius 3 is 2.82 bits per heavy atom. The number of para-hydroxylation sites is 1. The van der Waals surface area contributed by atoms with Gasteiger partial charge in [0.15, 0.2) is 0 Å². The molecule has 1 atom stereocenters. The van der Waals surface area contributed by atoms with Crippen LogP contribution >= 0.6 is 0 Å². The lowest BCUT2D eigenvalue weighted by atomic mass is 9.93. The van der Waals surface area contributed by atoms with Gasteiger partial charge in [0.1, 0.15) is 5.75 Å². The molecule has 0 aliphatic carbocycles. The first kappa shape index (κ1) is 18.2. The molecule has 0 spiro atoms. The Kier molecular flexibility index (Phi) is 5.33. The molecule has 0 N–H and O–H groups in total. The maximum Gasteiger partial charge on any atom is 0.255 e. The van der Waals surface area contributed by atoms with Gasteiger partial charge in [-0.05, 0) is 49.2 Å². The molecule has 142 valence electrons. The minimum Gasteiger partial charge on any atom is -0.496 e. The summed E-state index contributed by atoms with van der Waals surface area (Å²) in [5, 5.41) is 0. The van der Waals surface area contributed by atoms with Crippen molar-refractivity contribution in [3.05, 3.63) is 78.2 Å². The van der Waals surface area contributed by atoms with E-state index < -0.39 is 0 Å². The largest absolute Gasteiger partial charge is 0.496 e. The van der Waals surface area contributed by atoms with Crippen LogP contribution in [0.25, 0.3) is 11.3 Å². The normalized spacial score (nSPS) is 16.6. The Morgan fingerprint density at radius 1 is 1.11 bits per heavy atom. The van der Waals surface area contributed by atoms with Gasteiger partial charge in [-0.25, -0.2) is 0 Å². The van der Waals surface area contributed by atoms with E-state index in [9.17, 15) is 4.79 Å². The monoisotopic (exact) mass is 373 g/mol. The van der Waals surface area contributed by atoms with E-state index in [0.717, 1.165) is 42.1 Å². The zero-order valence-electron chi connectivity index (χ0n) is 15.9. The first-order valence-electron chi connectivity index (χ1n) is 9.56. The van der Waals surface area contributed by atoms with Crippen molar-refractivity contribution in [1.29, 1.82) is 0 Å². The number of hydrogen-bond acceptors (Lipinski definition) is 4. The Morgan fingerprint density at radius 2 is 2.00 bits per heavy atom. The first-order valence-corrected chi connectivity index (χ1v) is 9.56. The van der Waals surface area contributed by atoms with Crippen molar-refractivity contribution >= 4 is 5.91 Å². The number of amides is 1. The van der Waals surface area contributed by atoms with Crippen molar-refractivity contribution in [1.82, 2.24) is 14.9 Å². The molecule has 3 aromatic rings. The van der Waals surface area contributed by atoms with Crippen LogP contribution in [-0.2, 0) is 0 Å². The number of carbonyl (C=O) groups excluding carboxylic acids is 1. The van der Waals surface area contributed by atoms with Crippen molar-refractivity contribution < 1.29 is 9.53 Å². The molecular weight excluding hydrogens is 350 g/mol. The summed E-state index contributed by atoms with van der Waals surface area (Å²) in [6, 6.07) is 17.6. The fourth-order valence-electron chi connectivity index (χ4n) is 3.76. The molecule has 1 aromatic carbocycles. The van der Waals surface area contributed by atoms with Gasteiger partial charge in [0.25, 0.3) is 5.91 Å². The van der Waals surface area contributed by atoms with Crippen LogP contribution in [0.4, 0.5) is 0 Å². The summed E-state index contributed by atoms with van der Waals surface area (Å²) in [4.78, 5) is 23.7. The average Bonchev–Trinajstić information content (AvgIpc) is 2.79. The molecule has 28 heavy (non-hydrogen) atoms. The highest BCUT2D eigenvalue weighted by atomic mass is 16.5. The van der Waals surface area contributed by atoms with Gasteiger partial charge in [-0.3, -0.25) is 14.8 Å². The van der Waals surface area contributed by atoms with Gasteiger partial charge in [-0.2, -0.15) is 0 Å². The lowest BCUT2D eigenvalue weighted by Gasteiger charge is -2.32. The van der Waals surface area contributed by atoms with Gasteiger partial charge >= 0.3 is 0 Å². The standard InChI is InChI=1S/C23H23N3O2/c1-28-22-12-3-2-9-19(22)21-11-4-10-20(25-21)18-8-6-14-26(16-18)23(27)17-7-5-13-24-15-17/h2-5,7,9-13,15,18H,6,8,14,16H2,1H3/t18-/m1/s1. The Hall–Kier alpha value is -3.21. The van der Waals surface area contributed by atoms with Crippen LogP contribution in [0, 0.1) is 0 Å². The summed E-state index contributed by atoms with van der Waals surface area (Å²) in [7, 11) is 1.67. The second-order valence-electron chi connectivity index (χ2n) is 6.98. The summed E-state index contributed by atoms with van der Waals surface area (Å²) < 4.78 is 5.48. The molecule has 1 saturated heterocycles. The number of ether oxygens (including phenoxy) is 1. The molecule has 1 amide bonds. The van der Waals surface area contributed by atoms with Crippen LogP contribution < -0.4 is 4.74 Å². The Bertz CT molecular complexity index is 959.